The van der Waals surface area contributed by atoms with Crippen molar-refractivity contribution in [1.29, 1.82) is 0 Å². The summed E-state index contributed by atoms with van der Waals surface area (Å²) < 4.78 is 3.62. The number of fused-ring (bicyclic) bond motifs is 2. The molecule has 6 rings (SSSR count). The molecule has 33 heavy (non-hydrogen) atoms. The zero-order chi connectivity index (χ0) is 22.4. The minimum absolute atomic E-state index is 0.543. The van der Waals surface area contributed by atoms with Crippen molar-refractivity contribution in [1.82, 2.24) is 34.5 Å². The molecule has 0 saturated heterocycles. The van der Waals surface area contributed by atoms with Crippen molar-refractivity contribution in [3.63, 3.8) is 0 Å². The summed E-state index contributed by atoms with van der Waals surface area (Å²) in [6.07, 6.45) is 5.44. The maximum Gasteiger partial charge on any atom is 0.227 e. The molecule has 3 aromatic heterocycles. The van der Waals surface area contributed by atoms with E-state index in [9.17, 15) is 0 Å². The average Bonchev–Trinajstić information content (AvgIpc) is 3.44. The highest BCUT2D eigenvalue weighted by molar-refractivity contribution is 5.96. The first-order valence-corrected chi connectivity index (χ1v) is 10.6. The predicted molar refractivity (Wildman–Crippen MR) is 129 cm³/mol. The lowest BCUT2D eigenvalue weighted by molar-refractivity contribution is 0.797. The quantitative estimate of drug-likeness (QED) is 0.430. The van der Waals surface area contributed by atoms with Gasteiger partial charge in [-0.3, -0.25) is 4.68 Å². The van der Waals surface area contributed by atoms with Crippen LogP contribution in [0.1, 0.15) is 5.82 Å². The summed E-state index contributed by atoms with van der Waals surface area (Å²) in [6, 6.07) is 20.4. The molecule has 0 aliphatic rings. The topological polar surface area (TPSA) is 86.3 Å². The van der Waals surface area contributed by atoms with E-state index in [0.29, 0.717) is 5.95 Å². The molecular weight excluding hydrogens is 412 g/mol. The Morgan fingerprint density at radius 3 is 2.58 bits per heavy atom. The first-order chi connectivity index (χ1) is 16.1. The molecule has 0 aliphatic heterocycles. The molecule has 8 nitrogen and oxygen atoms in total. The van der Waals surface area contributed by atoms with Gasteiger partial charge in [-0.25, -0.2) is 19.6 Å². The van der Waals surface area contributed by atoms with Crippen LogP contribution in [-0.4, -0.2) is 34.5 Å². The molecule has 0 spiro atoms. The second kappa shape index (κ2) is 7.52. The van der Waals surface area contributed by atoms with Gasteiger partial charge in [0.1, 0.15) is 12.2 Å². The van der Waals surface area contributed by atoms with Crippen LogP contribution in [0.2, 0.25) is 0 Å². The molecule has 3 aromatic carbocycles. The van der Waals surface area contributed by atoms with E-state index >= 15 is 0 Å². The lowest BCUT2D eigenvalue weighted by Gasteiger charge is -2.10. The minimum Gasteiger partial charge on any atom is -0.324 e. The van der Waals surface area contributed by atoms with Crippen LogP contribution in [0.3, 0.4) is 0 Å². The lowest BCUT2D eigenvalue weighted by Crippen LogP contribution is -1.99. The number of nitrogens with zero attached hydrogens (tertiary/aromatic N) is 7. The number of benzene rings is 3. The monoisotopic (exact) mass is 432 g/mol. The van der Waals surface area contributed by atoms with Crippen molar-refractivity contribution in [3.8, 4) is 16.8 Å². The lowest BCUT2D eigenvalue weighted by atomic mass is 10.0. The van der Waals surface area contributed by atoms with Crippen molar-refractivity contribution in [3.05, 3.63) is 85.2 Å². The van der Waals surface area contributed by atoms with Crippen LogP contribution in [0.5, 0.6) is 0 Å². The first-order valence-electron chi connectivity index (χ1n) is 10.6. The minimum atomic E-state index is 0.543. The van der Waals surface area contributed by atoms with Crippen LogP contribution >= 0.6 is 0 Å². The standard InChI is InChI=1S/C25H20N8/c1-16-27-15-33(31-16)21-9-7-20(8-10-21)29-25-26-13-18-4-3-5-22(24(18)30-25)17-6-11-23-19(12-17)14-28-32(23)2/h3-15H,1-2H3,(H,26,29,30). The maximum absolute atomic E-state index is 4.85. The SMILES string of the molecule is Cc1ncn(-c2ccc(Nc3ncc4cccc(-c5ccc6c(cnn6C)c5)c4n3)cc2)n1. The van der Waals surface area contributed by atoms with E-state index in [-0.39, 0.29) is 0 Å². The number of hydrogen-bond donors (Lipinski definition) is 1. The van der Waals surface area contributed by atoms with Crippen LogP contribution in [0.4, 0.5) is 11.6 Å². The number of hydrogen-bond acceptors (Lipinski definition) is 6. The largest absolute Gasteiger partial charge is 0.324 e. The van der Waals surface area contributed by atoms with Crippen LogP contribution in [-0.2, 0) is 7.05 Å². The zero-order valence-corrected chi connectivity index (χ0v) is 18.1. The third-order valence-corrected chi connectivity index (χ3v) is 5.66. The van der Waals surface area contributed by atoms with Crippen molar-refractivity contribution < 1.29 is 0 Å². The highest BCUT2D eigenvalue weighted by atomic mass is 15.3. The molecule has 0 radical (unpaired) electrons. The third-order valence-electron chi connectivity index (χ3n) is 5.66. The number of nitrogens with one attached hydrogen (secondary N) is 1. The Morgan fingerprint density at radius 1 is 0.879 bits per heavy atom. The van der Waals surface area contributed by atoms with Gasteiger partial charge in [0, 0.05) is 35.3 Å². The molecule has 1 N–H and O–H groups in total. The molecule has 0 bridgehead atoms. The van der Waals surface area contributed by atoms with Crippen LogP contribution in [0.25, 0.3) is 38.6 Å². The summed E-state index contributed by atoms with van der Waals surface area (Å²) in [4.78, 5) is 13.5. The van der Waals surface area contributed by atoms with Gasteiger partial charge < -0.3 is 5.32 Å². The number of rotatable bonds is 4. The van der Waals surface area contributed by atoms with E-state index in [1.54, 1.807) is 11.0 Å². The van der Waals surface area contributed by atoms with Gasteiger partial charge in [0.2, 0.25) is 5.95 Å². The van der Waals surface area contributed by atoms with Gasteiger partial charge >= 0.3 is 0 Å². The second-order valence-electron chi connectivity index (χ2n) is 7.89. The molecule has 0 unspecified atom stereocenters. The molecule has 0 fully saturated rings. The molecule has 8 heteroatoms. The maximum atomic E-state index is 4.85. The van der Waals surface area contributed by atoms with E-state index in [0.717, 1.165) is 50.1 Å². The highest BCUT2D eigenvalue weighted by Crippen LogP contribution is 2.30. The Morgan fingerprint density at radius 2 is 1.76 bits per heavy atom. The summed E-state index contributed by atoms with van der Waals surface area (Å²) in [7, 11) is 1.95. The van der Waals surface area contributed by atoms with Crippen LogP contribution in [0, 0.1) is 6.92 Å². The molecule has 0 aliphatic carbocycles. The Labute approximate surface area is 189 Å². The summed E-state index contributed by atoms with van der Waals surface area (Å²) in [5, 5.41) is 14.1. The van der Waals surface area contributed by atoms with Gasteiger partial charge in [-0.15, -0.1) is 0 Å². The van der Waals surface area contributed by atoms with Crippen molar-refractivity contribution in [2.45, 2.75) is 6.92 Å². The van der Waals surface area contributed by atoms with E-state index in [2.05, 4.69) is 49.7 Å². The summed E-state index contributed by atoms with van der Waals surface area (Å²) in [6.45, 7) is 1.87. The second-order valence-corrected chi connectivity index (χ2v) is 7.89. The number of aryl methyl sites for hydroxylation is 2. The highest BCUT2D eigenvalue weighted by Gasteiger charge is 2.10. The molecule has 0 saturated carbocycles. The molecule has 0 amide bonds. The van der Waals surface area contributed by atoms with Crippen molar-refractivity contribution in [2.24, 2.45) is 7.05 Å². The zero-order valence-electron chi connectivity index (χ0n) is 18.1. The summed E-state index contributed by atoms with van der Waals surface area (Å²) in [5.74, 6) is 1.28. The Balaban J connectivity index is 1.34. The molecule has 6 aromatic rings. The Bertz CT molecular complexity index is 1610. The van der Waals surface area contributed by atoms with E-state index in [4.69, 9.17) is 4.98 Å². The Hall–Kier alpha value is -4.59. The van der Waals surface area contributed by atoms with Crippen LogP contribution < -0.4 is 5.32 Å². The normalized spacial score (nSPS) is 11.3. The summed E-state index contributed by atoms with van der Waals surface area (Å²) in [5.41, 5.74) is 5.98. The molecule has 3 heterocycles. The molecule has 0 atom stereocenters. The fraction of sp³-hybridized carbons (Fsp3) is 0.0800. The number of anilines is 2. The number of para-hydroxylation sites is 1. The van der Waals surface area contributed by atoms with Gasteiger partial charge in [-0.2, -0.15) is 10.2 Å². The first kappa shape index (κ1) is 19.1. The third kappa shape index (κ3) is 3.47. The fourth-order valence-electron chi connectivity index (χ4n) is 3.98. The van der Waals surface area contributed by atoms with Gasteiger partial charge in [0.05, 0.1) is 22.9 Å². The Kier molecular flexibility index (Phi) is 4.36. The molecule has 160 valence electrons. The van der Waals surface area contributed by atoms with Crippen LogP contribution in [0.15, 0.2) is 79.4 Å². The predicted octanol–water partition coefficient (Wildman–Crippen LogP) is 4.82. The van der Waals surface area contributed by atoms with Crippen molar-refractivity contribution >= 4 is 33.4 Å². The van der Waals surface area contributed by atoms with Crippen molar-refractivity contribution in [2.75, 3.05) is 5.32 Å². The van der Waals surface area contributed by atoms with Gasteiger partial charge in [-0.1, -0.05) is 24.3 Å². The number of aromatic nitrogens is 7. The summed E-state index contributed by atoms with van der Waals surface area (Å²) >= 11 is 0. The van der Waals surface area contributed by atoms with E-state index in [1.165, 1.54) is 0 Å². The van der Waals surface area contributed by atoms with Gasteiger partial charge in [0.25, 0.3) is 0 Å². The molecular formula is C25H20N8. The van der Waals surface area contributed by atoms with E-state index < -0.39 is 0 Å². The average molecular weight is 432 g/mol. The van der Waals surface area contributed by atoms with E-state index in [1.807, 2.05) is 67.4 Å². The van der Waals surface area contributed by atoms with Gasteiger partial charge in [0.15, 0.2) is 0 Å². The van der Waals surface area contributed by atoms with Gasteiger partial charge in [-0.05, 0) is 48.9 Å². The smallest absolute Gasteiger partial charge is 0.227 e. The fourth-order valence-corrected chi connectivity index (χ4v) is 3.98.